The van der Waals surface area contributed by atoms with Crippen LogP contribution in [0.2, 0.25) is 0 Å². The average molecular weight is 576 g/mol. The normalized spacial score (nSPS) is 13.9. The molecule has 1 aliphatic carbocycles. The van der Waals surface area contributed by atoms with Gasteiger partial charge in [0, 0.05) is 17.3 Å². The number of benzene rings is 5. The molecule has 8 aromatic rings. The van der Waals surface area contributed by atoms with E-state index in [9.17, 15) is 0 Å². The molecule has 5 aromatic carbocycles. The molecule has 0 atom stereocenters. The van der Waals surface area contributed by atoms with E-state index < -0.39 is 5.41 Å². The Bertz CT molecular complexity index is 2370. The maximum absolute atomic E-state index is 4.86. The quantitative estimate of drug-likeness (QED) is 0.206. The van der Waals surface area contributed by atoms with Gasteiger partial charge in [-0.25, -0.2) is 9.97 Å². The minimum absolute atomic E-state index is 0.425. The Balaban J connectivity index is 1.27. The van der Waals surface area contributed by atoms with E-state index in [0.29, 0.717) is 0 Å². The fraction of sp³-hybridized carbons (Fsp3) is 0.0250. The molecule has 0 radical (unpaired) electrons. The summed E-state index contributed by atoms with van der Waals surface area (Å²) in [6.45, 7) is 0. The number of rotatable bonds is 2. The van der Waals surface area contributed by atoms with E-state index in [1.165, 1.54) is 44.8 Å². The van der Waals surface area contributed by atoms with Crippen LogP contribution in [0.1, 0.15) is 22.3 Å². The van der Waals surface area contributed by atoms with Gasteiger partial charge >= 0.3 is 0 Å². The Morgan fingerprint density at radius 3 is 1.78 bits per heavy atom. The second kappa shape index (κ2) is 8.97. The Hall–Kier alpha value is -6.07. The lowest BCUT2D eigenvalue weighted by molar-refractivity contribution is 0.752. The largest absolute Gasteiger partial charge is 0.310 e. The van der Waals surface area contributed by atoms with Gasteiger partial charge in [-0.05, 0) is 75.8 Å². The van der Waals surface area contributed by atoms with Gasteiger partial charge in [-0.2, -0.15) is 0 Å². The molecular weight excluding hydrogens is 550 g/mol. The Morgan fingerprint density at radius 2 is 1.11 bits per heavy atom. The number of nitrogens with zero attached hydrogens (tertiary/aromatic N) is 5. The van der Waals surface area contributed by atoms with Crippen molar-refractivity contribution in [3.05, 3.63) is 175 Å². The van der Waals surface area contributed by atoms with E-state index in [1.54, 1.807) is 6.33 Å². The van der Waals surface area contributed by atoms with Gasteiger partial charge in [-0.15, -0.1) is 0 Å². The molecule has 10 rings (SSSR count). The zero-order valence-corrected chi connectivity index (χ0v) is 24.2. The highest BCUT2D eigenvalue weighted by atomic mass is 15.2. The van der Waals surface area contributed by atoms with Crippen LogP contribution in [0.25, 0.3) is 38.8 Å². The minimum Gasteiger partial charge on any atom is -0.310 e. The smallest absolute Gasteiger partial charge is 0.115 e. The lowest BCUT2D eigenvalue weighted by Gasteiger charge is -2.45. The molecule has 0 bridgehead atoms. The van der Waals surface area contributed by atoms with Gasteiger partial charge in [0.25, 0.3) is 0 Å². The molecule has 45 heavy (non-hydrogen) atoms. The number of anilines is 3. The minimum atomic E-state index is -0.425. The standard InChI is InChI=1S/C40H25N5/c1-3-12-31-28(10-1)29-11-2-4-13-32(29)40(31)33-14-5-7-16-36(33)44(37-17-8-6-15-34(37)40)26-19-20-35-30(22-26)39-38(18-9-21-43-39)45(35)27-23-41-25-42-24-27/h1-25H. The van der Waals surface area contributed by atoms with Crippen LogP contribution in [0, 0.1) is 0 Å². The zero-order chi connectivity index (χ0) is 29.5. The van der Waals surface area contributed by atoms with Crippen molar-refractivity contribution in [2.24, 2.45) is 0 Å². The number of hydrogen-bond donors (Lipinski definition) is 0. The number of aromatic nitrogens is 4. The Morgan fingerprint density at radius 1 is 0.511 bits per heavy atom. The van der Waals surface area contributed by atoms with Gasteiger partial charge in [-0.1, -0.05) is 84.9 Å². The first-order valence-electron chi connectivity index (χ1n) is 15.2. The number of hydrogen-bond acceptors (Lipinski definition) is 4. The predicted molar refractivity (Wildman–Crippen MR) is 180 cm³/mol. The summed E-state index contributed by atoms with van der Waals surface area (Å²) in [6, 6.07) is 46.5. The van der Waals surface area contributed by atoms with Gasteiger partial charge < -0.3 is 9.47 Å². The molecule has 0 saturated carbocycles. The van der Waals surface area contributed by atoms with Crippen LogP contribution in [-0.2, 0) is 5.41 Å². The number of para-hydroxylation sites is 2. The number of pyridine rings is 1. The molecule has 4 heterocycles. The summed E-state index contributed by atoms with van der Waals surface area (Å²) in [4.78, 5) is 15.9. The topological polar surface area (TPSA) is 46.8 Å². The second-order valence-electron chi connectivity index (χ2n) is 11.7. The summed E-state index contributed by atoms with van der Waals surface area (Å²) in [7, 11) is 0. The summed E-state index contributed by atoms with van der Waals surface area (Å²) < 4.78 is 2.20. The van der Waals surface area contributed by atoms with Crippen LogP contribution in [0.5, 0.6) is 0 Å². The molecule has 5 nitrogen and oxygen atoms in total. The second-order valence-corrected chi connectivity index (χ2v) is 11.7. The molecule has 210 valence electrons. The van der Waals surface area contributed by atoms with Crippen molar-refractivity contribution >= 4 is 39.0 Å². The maximum Gasteiger partial charge on any atom is 0.115 e. The third kappa shape index (κ3) is 3.09. The molecule has 0 N–H and O–H groups in total. The van der Waals surface area contributed by atoms with Gasteiger partial charge in [0.15, 0.2) is 0 Å². The van der Waals surface area contributed by atoms with E-state index in [0.717, 1.165) is 33.3 Å². The van der Waals surface area contributed by atoms with Crippen molar-refractivity contribution in [3.63, 3.8) is 0 Å². The SMILES string of the molecule is c1ccc2c(c1)-c1ccccc1C21c2ccccc2N(c2ccc3c(c2)c2ncccc2n3-c2cncnc2)c2ccccc21. The first-order valence-corrected chi connectivity index (χ1v) is 15.2. The lowest BCUT2D eigenvalue weighted by atomic mass is 9.64. The summed E-state index contributed by atoms with van der Waals surface area (Å²) in [5, 5.41) is 1.08. The highest BCUT2D eigenvalue weighted by Gasteiger charge is 2.51. The molecule has 3 aromatic heterocycles. The first-order chi connectivity index (χ1) is 22.4. The van der Waals surface area contributed by atoms with Crippen molar-refractivity contribution in [2.45, 2.75) is 5.41 Å². The van der Waals surface area contributed by atoms with Crippen LogP contribution < -0.4 is 4.90 Å². The molecule has 0 fully saturated rings. The summed E-state index contributed by atoms with van der Waals surface area (Å²) in [5.74, 6) is 0. The zero-order valence-electron chi connectivity index (χ0n) is 24.2. The van der Waals surface area contributed by atoms with Crippen LogP contribution in [-0.4, -0.2) is 19.5 Å². The van der Waals surface area contributed by atoms with E-state index in [1.807, 2.05) is 24.7 Å². The Kier molecular flexibility index (Phi) is 4.86. The van der Waals surface area contributed by atoms with Crippen LogP contribution in [0.4, 0.5) is 17.1 Å². The van der Waals surface area contributed by atoms with Gasteiger partial charge in [0.05, 0.1) is 51.4 Å². The van der Waals surface area contributed by atoms with Crippen LogP contribution in [0.3, 0.4) is 0 Å². The van der Waals surface area contributed by atoms with Crippen LogP contribution in [0.15, 0.2) is 152 Å². The molecule has 0 saturated heterocycles. The fourth-order valence-corrected chi connectivity index (χ4v) is 7.99. The predicted octanol–water partition coefficient (Wildman–Crippen LogP) is 9.11. The van der Waals surface area contributed by atoms with Crippen molar-refractivity contribution in [1.82, 2.24) is 19.5 Å². The third-order valence-electron chi connectivity index (χ3n) is 9.62. The van der Waals surface area contributed by atoms with E-state index in [4.69, 9.17) is 4.98 Å². The molecular formula is C40H25N5. The number of fused-ring (bicyclic) bond motifs is 12. The van der Waals surface area contributed by atoms with Gasteiger partial charge in [0.2, 0.25) is 0 Å². The highest BCUT2D eigenvalue weighted by molar-refractivity contribution is 6.09. The maximum atomic E-state index is 4.86. The first kappa shape index (κ1) is 24.4. The molecule has 1 spiro atoms. The van der Waals surface area contributed by atoms with Crippen molar-refractivity contribution < 1.29 is 0 Å². The molecule has 5 heteroatoms. The highest BCUT2D eigenvalue weighted by Crippen LogP contribution is 2.63. The third-order valence-corrected chi connectivity index (χ3v) is 9.62. The molecule has 0 amide bonds. The lowest BCUT2D eigenvalue weighted by Crippen LogP contribution is -2.36. The van der Waals surface area contributed by atoms with E-state index in [2.05, 4.69) is 141 Å². The van der Waals surface area contributed by atoms with Gasteiger partial charge in [-0.3, -0.25) is 4.98 Å². The summed E-state index contributed by atoms with van der Waals surface area (Å²) >= 11 is 0. The summed E-state index contributed by atoms with van der Waals surface area (Å²) in [6.07, 6.45) is 7.12. The van der Waals surface area contributed by atoms with Crippen molar-refractivity contribution in [2.75, 3.05) is 4.90 Å². The Labute approximate surface area is 259 Å². The molecule has 0 unspecified atom stereocenters. The van der Waals surface area contributed by atoms with Gasteiger partial charge in [0.1, 0.15) is 6.33 Å². The van der Waals surface area contributed by atoms with E-state index in [-0.39, 0.29) is 0 Å². The van der Waals surface area contributed by atoms with E-state index >= 15 is 0 Å². The average Bonchev–Trinajstić information content (AvgIpc) is 3.60. The summed E-state index contributed by atoms with van der Waals surface area (Å²) in [5.41, 5.74) is 14.8. The van der Waals surface area contributed by atoms with Crippen molar-refractivity contribution in [3.8, 4) is 16.8 Å². The fourth-order valence-electron chi connectivity index (χ4n) is 7.99. The molecule has 2 aliphatic rings. The molecule has 1 aliphatic heterocycles. The monoisotopic (exact) mass is 575 g/mol. The van der Waals surface area contributed by atoms with Crippen LogP contribution >= 0.6 is 0 Å². The van der Waals surface area contributed by atoms with Crippen molar-refractivity contribution in [1.29, 1.82) is 0 Å².